The first-order valence-corrected chi connectivity index (χ1v) is 13.2. The molecule has 3 aromatic rings. The van der Waals surface area contributed by atoms with Gasteiger partial charge in [0.2, 0.25) is 0 Å². The van der Waals surface area contributed by atoms with E-state index in [4.69, 9.17) is 9.47 Å². The van der Waals surface area contributed by atoms with E-state index in [9.17, 15) is 14.4 Å². The van der Waals surface area contributed by atoms with E-state index in [1.807, 2.05) is 50.2 Å². The minimum atomic E-state index is -0.777. The molecule has 9 heteroatoms. The summed E-state index contributed by atoms with van der Waals surface area (Å²) in [6.07, 6.45) is 2.06. The number of amides is 4. The monoisotopic (exact) mass is 626 g/mol. The van der Waals surface area contributed by atoms with Gasteiger partial charge in [-0.2, -0.15) is 0 Å². The van der Waals surface area contributed by atoms with Crippen LogP contribution < -0.4 is 19.7 Å². The number of urea groups is 1. The van der Waals surface area contributed by atoms with Crippen molar-refractivity contribution in [2.45, 2.75) is 26.9 Å². The van der Waals surface area contributed by atoms with Crippen LogP contribution in [0.3, 0.4) is 0 Å². The Labute approximate surface area is 231 Å². The summed E-state index contributed by atoms with van der Waals surface area (Å²) in [4.78, 5) is 39.7. The topological polar surface area (TPSA) is 84.9 Å². The zero-order valence-electron chi connectivity index (χ0n) is 20.2. The highest BCUT2D eigenvalue weighted by Gasteiger charge is 2.37. The van der Waals surface area contributed by atoms with Gasteiger partial charge >= 0.3 is 6.03 Å². The lowest BCUT2D eigenvalue weighted by atomic mass is 10.0. The predicted molar refractivity (Wildman–Crippen MR) is 149 cm³/mol. The lowest BCUT2D eigenvalue weighted by molar-refractivity contribution is -0.122. The summed E-state index contributed by atoms with van der Waals surface area (Å²) in [5.74, 6) is -0.502. The van der Waals surface area contributed by atoms with Gasteiger partial charge in [0.25, 0.3) is 11.8 Å². The van der Waals surface area contributed by atoms with Crippen molar-refractivity contribution in [1.29, 1.82) is 0 Å². The van der Waals surface area contributed by atoms with Gasteiger partial charge in [-0.15, -0.1) is 0 Å². The van der Waals surface area contributed by atoms with Gasteiger partial charge < -0.3 is 9.47 Å². The van der Waals surface area contributed by atoms with Crippen molar-refractivity contribution in [2.24, 2.45) is 0 Å². The van der Waals surface area contributed by atoms with Crippen molar-refractivity contribution in [3.8, 4) is 11.5 Å². The quantitative estimate of drug-likeness (QED) is 0.230. The fourth-order valence-corrected chi connectivity index (χ4v) is 4.72. The van der Waals surface area contributed by atoms with Crippen LogP contribution in [0.4, 0.5) is 10.5 Å². The number of aryl methyl sites for hydroxylation is 1. The minimum Gasteiger partial charge on any atom is -0.490 e. The van der Waals surface area contributed by atoms with Crippen molar-refractivity contribution in [2.75, 3.05) is 11.5 Å². The molecule has 0 unspecified atom stereocenters. The van der Waals surface area contributed by atoms with Crippen LogP contribution >= 0.6 is 31.9 Å². The molecule has 1 fully saturated rings. The Morgan fingerprint density at radius 1 is 0.946 bits per heavy atom. The Kier molecular flexibility index (Phi) is 8.45. The van der Waals surface area contributed by atoms with E-state index in [2.05, 4.69) is 37.2 Å². The molecule has 1 aliphatic rings. The Bertz CT molecular complexity index is 1390. The van der Waals surface area contributed by atoms with Crippen LogP contribution in [0.1, 0.15) is 30.5 Å². The molecule has 3 aromatic carbocycles. The smallest absolute Gasteiger partial charge is 0.335 e. The van der Waals surface area contributed by atoms with Crippen LogP contribution in [-0.2, 0) is 22.6 Å². The van der Waals surface area contributed by atoms with Gasteiger partial charge in [0.15, 0.2) is 11.5 Å². The number of nitrogens with one attached hydrogen (secondary N) is 1. The Morgan fingerprint density at radius 3 is 2.38 bits per heavy atom. The summed E-state index contributed by atoms with van der Waals surface area (Å²) in [6.45, 7) is 4.49. The van der Waals surface area contributed by atoms with Crippen LogP contribution in [-0.4, -0.2) is 24.5 Å². The molecule has 0 aliphatic carbocycles. The number of barbiturate groups is 1. The minimum absolute atomic E-state index is 0.164. The molecule has 0 spiro atoms. The first-order chi connectivity index (χ1) is 17.8. The summed E-state index contributed by atoms with van der Waals surface area (Å²) in [7, 11) is 0. The zero-order valence-corrected chi connectivity index (χ0v) is 23.4. The highest BCUT2D eigenvalue weighted by atomic mass is 79.9. The summed E-state index contributed by atoms with van der Waals surface area (Å²) in [5, 5.41) is 2.28. The Hall–Kier alpha value is -3.43. The van der Waals surface area contributed by atoms with Crippen LogP contribution in [0.2, 0.25) is 0 Å². The van der Waals surface area contributed by atoms with E-state index >= 15 is 0 Å². The Balaban J connectivity index is 1.67. The molecule has 0 bridgehead atoms. The average molecular weight is 628 g/mol. The van der Waals surface area contributed by atoms with Gasteiger partial charge in [-0.25, -0.2) is 9.69 Å². The number of hydrogen-bond donors (Lipinski definition) is 1. The summed E-state index contributed by atoms with van der Waals surface area (Å²) in [5.41, 5.74) is 2.60. The van der Waals surface area contributed by atoms with Gasteiger partial charge in [-0.05, 0) is 82.4 Å². The predicted octanol–water partition coefficient (Wildman–Crippen LogP) is 6.42. The fraction of sp³-hybridized carbons (Fsp3) is 0.179. The van der Waals surface area contributed by atoms with E-state index < -0.39 is 17.8 Å². The molecule has 190 valence electrons. The van der Waals surface area contributed by atoms with Gasteiger partial charge in [0.1, 0.15) is 12.2 Å². The molecule has 0 saturated carbocycles. The number of carbonyl (C=O) groups excluding carboxylic acids is 3. The van der Waals surface area contributed by atoms with E-state index in [0.29, 0.717) is 46.9 Å². The number of anilines is 1. The van der Waals surface area contributed by atoms with Crippen molar-refractivity contribution in [1.82, 2.24) is 5.32 Å². The largest absolute Gasteiger partial charge is 0.490 e. The van der Waals surface area contributed by atoms with Crippen LogP contribution in [0, 0.1) is 0 Å². The number of rotatable bonds is 8. The number of imide groups is 2. The Morgan fingerprint density at radius 2 is 1.68 bits per heavy atom. The number of para-hydroxylation sites is 1. The highest BCUT2D eigenvalue weighted by molar-refractivity contribution is 9.10. The summed E-state index contributed by atoms with van der Waals surface area (Å²) >= 11 is 6.96. The molecular weight excluding hydrogens is 604 g/mol. The maximum Gasteiger partial charge on any atom is 0.335 e. The average Bonchev–Trinajstić information content (AvgIpc) is 2.87. The molecule has 1 heterocycles. The summed E-state index contributed by atoms with van der Waals surface area (Å²) < 4.78 is 13.4. The number of nitrogens with zero attached hydrogens (tertiary/aromatic N) is 1. The number of benzene rings is 3. The molecule has 7 nitrogen and oxygen atoms in total. The third kappa shape index (κ3) is 5.94. The molecule has 0 aromatic heterocycles. The molecule has 37 heavy (non-hydrogen) atoms. The van der Waals surface area contributed by atoms with Crippen molar-refractivity contribution in [3.63, 3.8) is 0 Å². The molecule has 4 rings (SSSR count). The lowest BCUT2D eigenvalue weighted by Crippen LogP contribution is -2.54. The van der Waals surface area contributed by atoms with Gasteiger partial charge in [0, 0.05) is 4.47 Å². The number of hydrogen-bond acceptors (Lipinski definition) is 5. The highest BCUT2D eigenvalue weighted by Crippen LogP contribution is 2.38. The first kappa shape index (κ1) is 26.6. The standard InChI is InChI=1S/C28H24Br2N2O5/c1-3-19-7-5-6-8-23(19)32-27(34)21(26(33)31-28(32)35)13-18-14-22(30)25(24(15-18)36-4-2)37-16-17-9-11-20(29)12-10-17/h5-15H,3-4,16H2,1-2H3,(H,31,33,35)/b21-13-. The van der Waals surface area contributed by atoms with Crippen LogP contribution in [0.15, 0.2) is 75.2 Å². The van der Waals surface area contributed by atoms with Gasteiger partial charge in [-0.3, -0.25) is 14.9 Å². The molecule has 4 amide bonds. The van der Waals surface area contributed by atoms with Crippen LogP contribution in [0.25, 0.3) is 6.08 Å². The SMILES string of the molecule is CCOc1cc(/C=C2/C(=O)NC(=O)N(c3ccccc3CC)C2=O)cc(Br)c1OCc1ccc(Br)cc1. The first-order valence-electron chi connectivity index (χ1n) is 11.6. The molecule has 1 aliphatic heterocycles. The van der Waals surface area contributed by atoms with Gasteiger partial charge in [-0.1, -0.05) is 53.2 Å². The third-order valence-corrected chi connectivity index (χ3v) is 6.77. The second kappa shape index (κ2) is 11.7. The van der Waals surface area contributed by atoms with Crippen molar-refractivity contribution in [3.05, 3.63) is 91.9 Å². The molecule has 1 N–H and O–H groups in total. The second-order valence-electron chi connectivity index (χ2n) is 8.12. The third-order valence-electron chi connectivity index (χ3n) is 5.65. The fourth-order valence-electron chi connectivity index (χ4n) is 3.88. The van der Waals surface area contributed by atoms with Crippen molar-refractivity contribution < 1.29 is 23.9 Å². The maximum atomic E-state index is 13.4. The normalized spacial score (nSPS) is 14.6. The second-order valence-corrected chi connectivity index (χ2v) is 9.89. The number of carbonyl (C=O) groups is 3. The number of halogens is 2. The maximum absolute atomic E-state index is 13.4. The van der Waals surface area contributed by atoms with E-state index in [1.165, 1.54) is 6.08 Å². The molecule has 1 saturated heterocycles. The van der Waals surface area contributed by atoms with E-state index in [0.717, 1.165) is 20.5 Å². The molecule has 0 radical (unpaired) electrons. The zero-order chi connectivity index (χ0) is 26.5. The van der Waals surface area contributed by atoms with E-state index in [1.54, 1.807) is 24.3 Å². The van der Waals surface area contributed by atoms with Gasteiger partial charge in [0.05, 0.1) is 16.8 Å². The summed E-state index contributed by atoms with van der Waals surface area (Å²) in [6, 6.07) is 17.5. The molecule has 0 atom stereocenters. The number of ether oxygens (including phenoxy) is 2. The lowest BCUT2D eigenvalue weighted by Gasteiger charge is -2.28. The van der Waals surface area contributed by atoms with E-state index in [-0.39, 0.29) is 5.57 Å². The van der Waals surface area contributed by atoms with Crippen LogP contribution in [0.5, 0.6) is 11.5 Å². The molecular formula is C28H24Br2N2O5. The van der Waals surface area contributed by atoms with Crippen molar-refractivity contribution >= 4 is 61.5 Å².